The van der Waals surface area contributed by atoms with Crippen LogP contribution in [0.15, 0.2) is 40.9 Å². The zero-order valence-electron chi connectivity index (χ0n) is 10.6. The van der Waals surface area contributed by atoms with Gasteiger partial charge in [0.1, 0.15) is 0 Å². The van der Waals surface area contributed by atoms with E-state index in [-0.39, 0.29) is 11.7 Å². The van der Waals surface area contributed by atoms with Gasteiger partial charge in [-0.25, -0.2) is 0 Å². The maximum absolute atomic E-state index is 12.7. The Bertz CT molecular complexity index is 615. The van der Waals surface area contributed by atoms with Crippen LogP contribution in [-0.4, -0.2) is 19.0 Å². The summed E-state index contributed by atoms with van der Waals surface area (Å²) in [4.78, 5) is 12.7. The van der Waals surface area contributed by atoms with Crippen molar-refractivity contribution in [2.24, 2.45) is 5.92 Å². The predicted octanol–water partition coefficient (Wildman–Crippen LogP) is 4.21. The lowest BCUT2D eigenvalue weighted by Crippen LogP contribution is -2.23. The van der Waals surface area contributed by atoms with Crippen LogP contribution < -0.4 is 0 Å². The first-order valence-electron chi connectivity index (χ1n) is 6.56. The van der Waals surface area contributed by atoms with Gasteiger partial charge in [0.2, 0.25) is 0 Å². The fraction of sp³-hybridized carbons (Fsp3) is 0.312. The van der Waals surface area contributed by atoms with E-state index < -0.39 is 0 Å². The molecular weight excluding hydrogens is 304 g/mol. The molecule has 3 heteroatoms. The summed E-state index contributed by atoms with van der Waals surface area (Å²) in [6.07, 6.45) is 1.67. The van der Waals surface area contributed by atoms with Crippen molar-refractivity contribution in [3.05, 3.63) is 46.4 Å². The van der Waals surface area contributed by atoms with Crippen LogP contribution in [0, 0.1) is 5.92 Å². The van der Waals surface area contributed by atoms with Crippen LogP contribution in [-0.2, 0) is 4.74 Å². The minimum absolute atomic E-state index is 0.110. The molecule has 1 saturated heterocycles. The third-order valence-electron chi connectivity index (χ3n) is 3.73. The van der Waals surface area contributed by atoms with Gasteiger partial charge in [0.05, 0.1) is 0 Å². The Kier molecular flexibility index (Phi) is 3.67. The Morgan fingerprint density at radius 3 is 2.47 bits per heavy atom. The molecule has 0 atom stereocenters. The average Bonchev–Trinajstić information content (AvgIpc) is 2.48. The summed E-state index contributed by atoms with van der Waals surface area (Å²) in [7, 11) is 0. The van der Waals surface area contributed by atoms with Crippen molar-refractivity contribution >= 4 is 32.5 Å². The van der Waals surface area contributed by atoms with Gasteiger partial charge in [-0.15, -0.1) is 0 Å². The normalized spacial score (nSPS) is 16.7. The van der Waals surface area contributed by atoms with Gasteiger partial charge in [0, 0.05) is 29.2 Å². The number of carbonyl (C=O) groups excluding carboxylic acids is 1. The molecule has 0 saturated carbocycles. The van der Waals surface area contributed by atoms with Gasteiger partial charge in [0.25, 0.3) is 0 Å². The van der Waals surface area contributed by atoms with Gasteiger partial charge in [-0.1, -0.05) is 40.2 Å². The van der Waals surface area contributed by atoms with Crippen LogP contribution >= 0.6 is 15.9 Å². The van der Waals surface area contributed by atoms with Crippen LogP contribution in [0.3, 0.4) is 0 Å². The molecule has 0 aliphatic carbocycles. The molecule has 0 radical (unpaired) electrons. The standard InChI is InChI=1S/C16H15BrO2/c17-15-6-5-14(12-3-1-2-4-13(12)15)16(18)11-7-9-19-10-8-11/h1-6,11H,7-10H2. The molecule has 19 heavy (non-hydrogen) atoms. The van der Waals surface area contributed by atoms with Gasteiger partial charge >= 0.3 is 0 Å². The number of benzene rings is 2. The molecule has 0 bridgehead atoms. The zero-order valence-corrected chi connectivity index (χ0v) is 12.2. The third-order valence-corrected chi connectivity index (χ3v) is 4.42. The summed E-state index contributed by atoms with van der Waals surface area (Å²) in [5, 5.41) is 2.13. The Balaban J connectivity index is 2.05. The number of ether oxygens (including phenoxy) is 1. The number of hydrogen-bond donors (Lipinski definition) is 0. The first-order chi connectivity index (χ1) is 9.27. The highest BCUT2D eigenvalue weighted by molar-refractivity contribution is 9.10. The highest BCUT2D eigenvalue weighted by atomic mass is 79.9. The summed E-state index contributed by atoms with van der Waals surface area (Å²) in [5.41, 5.74) is 0.839. The molecule has 2 aromatic rings. The highest BCUT2D eigenvalue weighted by Gasteiger charge is 2.24. The second-order valence-corrected chi connectivity index (χ2v) is 5.75. The molecule has 1 heterocycles. The van der Waals surface area contributed by atoms with Crippen molar-refractivity contribution in [1.29, 1.82) is 0 Å². The number of Topliss-reactive ketones (excluding diaryl/α,β-unsaturated/α-hetero) is 1. The molecule has 2 aromatic carbocycles. The predicted molar refractivity (Wildman–Crippen MR) is 79.5 cm³/mol. The molecule has 0 aromatic heterocycles. The molecule has 0 spiro atoms. The van der Waals surface area contributed by atoms with Crippen molar-refractivity contribution in [2.45, 2.75) is 12.8 Å². The van der Waals surface area contributed by atoms with Crippen LogP contribution in [0.5, 0.6) is 0 Å². The number of rotatable bonds is 2. The Hall–Kier alpha value is -1.19. The Labute approximate surface area is 120 Å². The summed E-state index contributed by atoms with van der Waals surface area (Å²) in [5.74, 6) is 0.366. The number of hydrogen-bond acceptors (Lipinski definition) is 2. The molecule has 98 valence electrons. The maximum Gasteiger partial charge on any atom is 0.166 e. The van der Waals surface area contributed by atoms with Crippen molar-refractivity contribution in [3.63, 3.8) is 0 Å². The van der Waals surface area contributed by atoms with E-state index in [2.05, 4.69) is 15.9 Å². The van der Waals surface area contributed by atoms with Gasteiger partial charge < -0.3 is 4.74 Å². The lowest BCUT2D eigenvalue weighted by Gasteiger charge is -2.21. The fourth-order valence-corrected chi connectivity index (χ4v) is 3.13. The molecule has 0 unspecified atom stereocenters. The minimum Gasteiger partial charge on any atom is -0.381 e. The van der Waals surface area contributed by atoms with Crippen LogP contribution in [0.4, 0.5) is 0 Å². The second-order valence-electron chi connectivity index (χ2n) is 4.89. The molecule has 3 rings (SSSR count). The van der Waals surface area contributed by atoms with Crippen molar-refractivity contribution < 1.29 is 9.53 Å². The Morgan fingerprint density at radius 2 is 1.74 bits per heavy atom. The molecule has 1 fully saturated rings. The topological polar surface area (TPSA) is 26.3 Å². The molecule has 1 aliphatic rings. The number of ketones is 1. The van der Waals surface area contributed by atoms with Crippen molar-refractivity contribution in [2.75, 3.05) is 13.2 Å². The van der Waals surface area contributed by atoms with Gasteiger partial charge in [-0.3, -0.25) is 4.79 Å². The van der Waals surface area contributed by atoms with Gasteiger partial charge in [-0.05, 0) is 35.7 Å². The Morgan fingerprint density at radius 1 is 1.05 bits per heavy atom. The molecule has 0 amide bonds. The lowest BCUT2D eigenvalue weighted by atomic mass is 9.89. The summed E-state index contributed by atoms with van der Waals surface area (Å²) in [6, 6.07) is 11.9. The number of halogens is 1. The number of carbonyl (C=O) groups is 1. The fourth-order valence-electron chi connectivity index (χ4n) is 2.66. The molecule has 1 aliphatic heterocycles. The quantitative estimate of drug-likeness (QED) is 0.775. The first-order valence-corrected chi connectivity index (χ1v) is 7.36. The maximum atomic E-state index is 12.7. The SMILES string of the molecule is O=C(c1ccc(Br)c2ccccc12)C1CCOCC1. The minimum atomic E-state index is 0.110. The van der Waals surface area contributed by atoms with E-state index >= 15 is 0 Å². The molecule has 0 N–H and O–H groups in total. The van der Waals surface area contributed by atoms with Crippen LogP contribution in [0.1, 0.15) is 23.2 Å². The van der Waals surface area contributed by atoms with Gasteiger partial charge in [0.15, 0.2) is 5.78 Å². The van der Waals surface area contributed by atoms with E-state index in [9.17, 15) is 4.79 Å². The summed E-state index contributed by atoms with van der Waals surface area (Å²) >= 11 is 3.54. The van der Waals surface area contributed by atoms with Crippen molar-refractivity contribution in [3.8, 4) is 0 Å². The average molecular weight is 319 g/mol. The van der Waals surface area contributed by atoms with E-state index in [4.69, 9.17) is 4.74 Å². The van der Waals surface area contributed by atoms with Crippen LogP contribution in [0.25, 0.3) is 10.8 Å². The van der Waals surface area contributed by atoms with Crippen LogP contribution in [0.2, 0.25) is 0 Å². The van der Waals surface area contributed by atoms with E-state index in [1.54, 1.807) is 0 Å². The number of fused-ring (bicyclic) bond motifs is 1. The lowest BCUT2D eigenvalue weighted by molar-refractivity contribution is 0.0546. The van der Waals surface area contributed by atoms with E-state index in [1.807, 2.05) is 36.4 Å². The molecular formula is C16H15BrO2. The second kappa shape index (κ2) is 5.43. The summed E-state index contributed by atoms with van der Waals surface area (Å²) < 4.78 is 6.37. The largest absolute Gasteiger partial charge is 0.381 e. The van der Waals surface area contributed by atoms with E-state index in [1.165, 1.54) is 0 Å². The summed E-state index contributed by atoms with van der Waals surface area (Å²) in [6.45, 7) is 1.40. The highest BCUT2D eigenvalue weighted by Crippen LogP contribution is 2.30. The molecule has 2 nitrogen and oxygen atoms in total. The third kappa shape index (κ3) is 2.45. The van der Waals surface area contributed by atoms with Crippen molar-refractivity contribution in [1.82, 2.24) is 0 Å². The van der Waals surface area contributed by atoms with E-state index in [0.29, 0.717) is 13.2 Å². The van der Waals surface area contributed by atoms with Gasteiger partial charge in [-0.2, -0.15) is 0 Å². The van der Waals surface area contributed by atoms with E-state index in [0.717, 1.165) is 33.7 Å². The zero-order chi connectivity index (χ0) is 13.2. The smallest absolute Gasteiger partial charge is 0.166 e. The monoisotopic (exact) mass is 318 g/mol. The first kappa shape index (κ1) is 12.8.